The summed E-state index contributed by atoms with van der Waals surface area (Å²) in [6.07, 6.45) is 3.45. The van der Waals surface area contributed by atoms with E-state index in [4.69, 9.17) is 4.74 Å². The quantitative estimate of drug-likeness (QED) is 0.774. The van der Waals surface area contributed by atoms with Crippen molar-refractivity contribution in [2.24, 2.45) is 0 Å². The summed E-state index contributed by atoms with van der Waals surface area (Å²) in [7, 11) is 0. The van der Waals surface area contributed by atoms with Gasteiger partial charge in [-0.2, -0.15) is 0 Å². The van der Waals surface area contributed by atoms with Crippen LogP contribution >= 0.6 is 0 Å². The minimum absolute atomic E-state index is 0.160. The van der Waals surface area contributed by atoms with E-state index in [-0.39, 0.29) is 12.3 Å². The monoisotopic (exact) mass is 356 g/mol. The van der Waals surface area contributed by atoms with E-state index in [9.17, 15) is 9.59 Å². The molecule has 0 atom stereocenters. The molecule has 7 heteroatoms. The van der Waals surface area contributed by atoms with Gasteiger partial charge in [0.2, 0.25) is 5.91 Å². The van der Waals surface area contributed by atoms with Crippen LogP contribution < -0.4 is 10.6 Å². The van der Waals surface area contributed by atoms with E-state index in [1.54, 1.807) is 33.2 Å². The fourth-order valence-corrected chi connectivity index (χ4v) is 2.11. The van der Waals surface area contributed by atoms with E-state index < -0.39 is 11.7 Å². The molecule has 0 aliphatic carbocycles. The third-order valence-electron chi connectivity index (χ3n) is 3.22. The third kappa shape index (κ3) is 6.88. The largest absolute Gasteiger partial charge is 0.444 e. The van der Waals surface area contributed by atoms with Crippen LogP contribution in [0.1, 0.15) is 33.6 Å². The van der Waals surface area contributed by atoms with Crippen molar-refractivity contribution in [3.63, 3.8) is 0 Å². The highest BCUT2D eigenvalue weighted by atomic mass is 16.6. The van der Waals surface area contributed by atoms with Gasteiger partial charge in [0, 0.05) is 18.5 Å². The summed E-state index contributed by atoms with van der Waals surface area (Å²) < 4.78 is 5.12. The lowest BCUT2D eigenvalue weighted by atomic mass is 10.2. The molecule has 2 N–H and O–H groups in total. The lowest BCUT2D eigenvalue weighted by Gasteiger charge is -2.19. The molecule has 1 heterocycles. The number of alkyl carbamates (subject to hydrolysis) is 1. The molecule has 1 aromatic carbocycles. The molecule has 0 unspecified atom stereocenters. The van der Waals surface area contributed by atoms with Crippen LogP contribution in [0.5, 0.6) is 0 Å². The topological polar surface area (TPSA) is 93.2 Å². The first-order valence-electron chi connectivity index (χ1n) is 8.48. The highest BCUT2D eigenvalue weighted by molar-refractivity contribution is 5.90. The molecule has 0 spiro atoms. The summed E-state index contributed by atoms with van der Waals surface area (Å²) in [5.41, 5.74) is 0.918. The van der Waals surface area contributed by atoms with Gasteiger partial charge in [-0.05, 0) is 27.2 Å². The molecule has 0 radical (unpaired) electrons. The van der Waals surface area contributed by atoms with Crippen LogP contribution in [0.3, 0.4) is 0 Å². The fourth-order valence-electron chi connectivity index (χ4n) is 2.11. The molecule has 0 saturated carbocycles. The van der Waals surface area contributed by atoms with Crippen LogP contribution in [0.4, 0.5) is 10.5 Å². The van der Waals surface area contributed by atoms with Crippen molar-refractivity contribution in [1.82, 2.24) is 15.3 Å². The van der Waals surface area contributed by atoms with E-state index in [1.165, 1.54) is 0 Å². The number of carbonyl (C=O) groups is 2. The Hall–Kier alpha value is -2.96. The number of nitrogens with one attached hydrogen (secondary N) is 2. The van der Waals surface area contributed by atoms with Crippen molar-refractivity contribution in [2.75, 3.05) is 11.9 Å². The van der Waals surface area contributed by atoms with Crippen molar-refractivity contribution >= 4 is 17.7 Å². The number of benzene rings is 1. The van der Waals surface area contributed by atoms with Gasteiger partial charge in [0.25, 0.3) is 0 Å². The van der Waals surface area contributed by atoms with Gasteiger partial charge in [0.05, 0.1) is 18.1 Å². The molecule has 0 bridgehead atoms. The van der Waals surface area contributed by atoms with Gasteiger partial charge < -0.3 is 15.4 Å². The first kappa shape index (κ1) is 19.4. The van der Waals surface area contributed by atoms with Gasteiger partial charge >= 0.3 is 6.09 Å². The van der Waals surface area contributed by atoms with Crippen molar-refractivity contribution in [3.05, 3.63) is 42.7 Å². The van der Waals surface area contributed by atoms with E-state index >= 15 is 0 Å². The Bertz CT molecular complexity index is 725. The van der Waals surface area contributed by atoms with E-state index in [0.717, 1.165) is 5.56 Å². The van der Waals surface area contributed by atoms with Gasteiger partial charge in [-0.1, -0.05) is 30.3 Å². The number of hydrogen-bond donors (Lipinski definition) is 2. The fraction of sp³-hybridized carbons (Fsp3) is 0.368. The number of aromatic nitrogens is 2. The number of carbonyl (C=O) groups excluding carboxylic acids is 2. The maximum atomic E-state index is 11.9. The predicted octanol–water partition coefficient (Wildman–Crippen LogP) is 3.39. The molecule has 138 valence electrons. The molecule has 2 aromatic rings. The Morgan fingerprint density at radius 1 is 1.08 bits per heavy atom. The summed E-state index contributed by atoms with van der Waals surface area (Å²) >= 11 is 0. The first-order valence-corrected chi connectivity index (χ1v) is 8.48. The number of amides is 2. The Kier molecular flexibility index (Phi) is 6.66. The number of rotatable bonds is 6. The van der Waals surface area contributed by atoms with E-state index in [0.29, 0.717) is 24.5 Å². The predicted molar refractivity (Wildman–Crippen MR) is 99.6 cm³/mol. The maximum Gasteiger partial charge on any atom is 0.407 e. The van der Waals surface area contributed by atoms with Gasteiger partial charge in [-0.3, -0.25) is 4.79 Å². The number of ether oxygens (including phenoxy) is 1. The Morgan fingerprint density at radius 2 is 1.73 bits per heavy atom. The molecule has 0 aliphatic heterocycles. The van der Waals surface area contributed by atoms with Crippen LogP contribution in [0, 0.1) is 0 Å². The van der Waals surface area contributed by atoms with Crippen molar-refractivity contribution in [2.45, 2.75) is 39.2 Å². The Morgan fingerprint density at radius 3 is 2.35 bits per heavy atom. The second-order valence-electron chi connectivity index (χ2n) is 6.74. The molecule has 2 rings (SSSR count). The van der Waals surface area contributed by atoms with Gasteiger partial charge in [-0.15, -0.1) is 0 Å². The number of anilines is 1. The summed E-state index contributed by atoms with van der Waals surface area (Å²) in [6, 6.07) is 9.60. The molecule has 26 heavy (non-hydrogen) atoms. The second-order valence-corrected chi connectivity index (χ2v) is 6.74. The molecule has 2 amide bonds. The highest BCUT2D eigenvalue weighted by Crippen LogP contribution is 2.15. The van der Waals surface area contributed by atoms with Crippen molar-refractivity contribution in [1.29, 1.82) is 0 Å². The average Bonchev–Trinajstić information content (AvgIpc) is 2.59. The minimum Gasteiger partial charge on any atom is -0.444 e. The first-order chi connectivity index (χ1) is 12.3. The molecular weight excluding hydrogens is 332 g/mol. The van der Waals surface area contributed by atoms with Gasteiger partial charge in [0.1, 0.15) is 5.60 Å². The lowest BCUT2D eigenvalue weighted by molar-refractivity contribution is -0.116. The van der Waals surface area contributed by atoms with Gasteiger partial charge in [-0.25, -0.2) is 14.8 Å². The van der Waals surface area contributed by atoms with Crippen molar-refractivity contribution < 1.29 is 14.3 Å². The third-order valence-corrected chi connectivity index (χ3v) is 3.22. The zero-order valence-corrected chi connectivity index (χ0v) is 15.3. The smallest absolute Gasteiger partial charge is 0.407 e. The molecule has 7 nitrogen and oxygen atoms in total. The summed E-state index contributed by atoms with van der Waals surface area (Å²) in [6.45, 7) is 5.76. The van der Waals surface area contributed by atoms with Crippen LogP contribution in [-0.2, 0) is 9.53 Å². The van der Waals surface area contributed by atoms with Crippen LogP contribution in [0.2, 0.25) is 0 Å². The standard InChI is InChI=1S/C19H24N4O3/c1-19(2,3)26-18(25)20-11-7-10-16(24)23-15-12-21-17(22-13-15)14-8-5-4-6-9-14/h4-6,8-9,12-13H,7,10-11H2,1-3H3,(H,20,25)(H,23,24). The van der Waals surface area contributed by atoms with Crippen LogP contribution in [0.25, 0.3) is 11.4 Å². The average molecular weight is 356 g/mol. The molecule has 0 fully saturated rings. The summed E-state index contributed by atoms with van der Waals surface area (Å²) in [5.74, 6) is 0.442. The SMILES string of the molecule is CC(C)(C)OC(=O)NCCCC(=O)Nc1cnc(-c2ccccc2)nc1. The van der Waals surface area contributed by atoms with Gasteiger partial charge in [0.15, 0.2) is 5.82 Å². The van der Waals surface area contributed by atoms with E-state index in [2.05, 4.69) is 20.6 Å². The number of hydrogen-bond acceptors (Lipinski definition) is 5. The molecular formula is C19H24N4O3. The molecule has 0 saturated heterocycles. The highest BCUT2D eigenvalue weighted by Gasteiger charge is 2.15. The molecule has 1 aromatic heterocycles. The summed E-state index contributed by atoms with van der Waals surface area (Å²) in [4.78, 5) is 31.9. The lowest BCUT2D eigenvalue weighted by Crippen LogP contribution is -2.33. The zero-order valence-electron chi connectivity index (χ0n) is 15.3. The Labute approximate surface area is 153 Å². The van der Waals surface area contributed by atoms with Crippen molar-refractivity contribution in [3.8, 4) is 11.4 Å². The van der Waals surface area contributed by atoms with Crippen LogP contribution in [0.15, 0.2) is 42.7 Å². The summed E-state index contributed by atoms with van der Waals surface area (Å²) in [5, 5.41) is 5.36. The van der Waals surface area contributed by atoms with Crippen LogP contribution in [-0.4, -0.2) is 34.1 Å². The number of nitrogens with zero attached hydrogens (tertiary/aromatic N) is 2. The van der Waals surface area contributed by atoms with E-state index in [1.807, 2.05) is 30.3 Å². The Balaban J connectivity index is 1.72. The zero-order chi connectivity index (χ0) is 19.0. The maximum absolute atomic E-state index is 11.9. The minimum atomic E-state index is -0.534. The normalized spacial score (nSPS) is 10.9. The molecule has 0 aliphatic rings. The second kappa shape index (κ2) is 8.94.